The second-order valence-corrected chi connectivity index (χ2v) is 3.18. The van der Waals surface area contributed by atoms with Gasteiger partial charge < -0.3 is 9.67 Å². The molecule has 0 saturated heterocycles. The Balaban J connectivity index is 2.65. The van der Waals surface area contributed by atoms with E-state index in [0.29, 0.717) is 6.54 Å². The number of carbonyl (C=O) groups is 1. The van der Waals surface area contributed by atoms with Gasteiger partial charge in [0.1, 0.15) is 12.2 Å². The molecule has 0 saturated carbocycles. The van der Waals surface area contributed by atoms with Gasteiger partial charge in [-0.15, -0.1) is 10.2 Å². The zero-order chi connectivity index (χ0) is 9.84. The molecule has 0 aromatic carbocycles. The van der Waals surface area contributed by atoms with Crippen LogP contribution in [0.25, 0.3) is 0 Å². The Kier molecular flexibility index (Phi) is 3.00. The lowest BCUT2D eigenvalue weighted by Gasteiger charge is -2.06. The average molecular weight is 183 g/mol. The Hall–Kier alpha value is -1.39. The molecule has 1 aromatic heterocycles. The van der Waals surface area contributed by atoms with Crippen LogP contribution >= 0.6 is 0 Å². The number of aryl methyl sites for hydroxylation is 1. The molecule has 0 atom stereocenters. The number of aromatic nitrogens is 3. The third kappa shape index (κ3) is 2.54. The molecule has 0 aliphatic carbocycles. The van der Waals surface area contributed by atoms with Gasteiger partial charge in [0.15, 0.2) is 0 Å². The number of hydrogen-bond acceptors (Lipinski definition) is 3. The molecule has 1 heterocycles. The Labute approximate surface area is 76.4 Å². The minimum Gasteiger partial charge on any atom is -0.481 e. The first-order valence-corrected chi connectivity index (χ1v) is 4.20. The molecule has 0 bridgehead atoms. The summed E-state index contributed by atoms with van der Waals surface area (Å²) in [5, 5.41) is 16.1. The van der Waals surface area contributed by atoms with E-state index in [1.54, 1.807) is 10.9 Å². The molecule has 1 aromatic rings. The number of nitrogens with zero attached hydrogens (tertiary/aromatic N) is 3. The minimum atomic E-state index is -0.802. The van der Waals surface area contributed by atoms with Gasteiger partial charge in [-0.05, 0) is 0 Å². The molecule has 0 aliphatic heterocycles. The highest BCUT2D eigenvalue weighted by molar-refractivity contribution is 5.66. The molecule has 5 heteroatoms. The third-order valence-corrected chi connectivity index (χ3v) is 1.73. The number of rotatable bonds is 4. The summed E-state index contributed by atoms with van der Waals surface area (Å²) < 4.78 is 1.78. The van der Waals surface area contributed by atoms with Crippen LogP contribution in [0.15, 0.2) is 6.33 Å². The van der Waals surface area contributed by atoms with Crippen molar-refractivity contribution in [1.29, 1.82) is 0 Å². The first-order valence-electron chi connectivity index (χ1n) is 4.20. The van der Waals surface area contributed by atoms with Crippen LogP contribution in [0.3, 0.4) is 0 Å². The molecule has 0 fully saturated rings. The number of hydrogen-bond donors (Lipinski definition) is 1. The van der Waals surface area contributed by atoms with E-state index in [1.165, 1.54) is 0 Å². The molecule has 0 radical (unpaired) electrons. The zero-order valence-electron chi connectivity index (χ0n) is 7.77. The fraction of sp³-hybridized carbons (Fsp3) is 0.625. The number of carboxylic acids is 1. The van der Waals surface area contributed by atoms with Crippen molar-refractivity contribution in [1.82, 2.24) is 14.8 Å². The van der Waals surface area contributed by atoms with E-state index in [9.17, 15) is 4.79 Å². The SMILES string of the molecule is CC(C)c1nncn1CCC(=O)O. The predicted molar refractivity (Wildman–Crippen MR) is 46.4 cm³/mol. The maximum absolute atomic E-state index is 10.3. The molecule has 0 unspecified atom stereocenters. The maximum atomic E-state index is 10.3. The van der Waals surface area contributed by atoms with Crippen LogP contribution in [0.1, 0.15) is 32.0 Å². The van der Waals surface area contributed by atoms with Crippen molar-refractivity contribution in [3.8, 4) is 0 Å². The summed E-state index contributed by atoms with van der Waals surface area (Å²) in [4.78, 5) is 10.3. The van der Waals surface area contributed by atoms with Crippen LogP contribution in [-0.2, 0) is 11.3 Å². The van der Waals surface area contributed by atoms with Gasteiger partial charge in [0.05, 0.1) is 6.42 Å². The lowest BCUT2D eigenvalue weighted by molar-refractivity contribution is -0.137. The van der Waals surface area contributed by atoms with Crippen molar-refractivity contribution in [3.05, 3.63) is 12.2 Å². The van der Waals surface area contributed by atoms with Crippen molar-refractivity contribution in [3.63, 3.8) is 0 Å². The van der Waals surface area contributed by atoms with Crippen molar-refractivity contribution in [2.75, 3.05) is 0 Å². The van der Waals surface area contributed by atoms with Gasteiger partial charge in [0.25, 0.3) is 0 Å². The summed E-state index contributed by atoms with van der Waals surface area (Å²) in [6.07, 6.45) is 1.68. The van der Waals surface area contributed by atoms with E-state index in [-0.39, 0.29) is 12.3 Å². The van der Waals surface area contributed by atoms with Crippen molar-refractivity contribution in [2.24, 2.45) is 0 Å². The molecular formula is C8H13N3O2. The molecule has 72 valence electrons. The van der Waals surface area contributed by atoms with E-state index >= 15 is 0 Å². The minimum absolute atomic E-state index is 0.109. The second-order valence-electron chi connectivity index (χ2n) is 3.18. The largest absolute Gasteiger partial charge is 0.481 e. The summed E-state index contributed by atoms with van der Waals surface area (Å²) in [7, 11) is 0. The summed E-state index contributed by atoms with van der Waals surface area (Å²) in [6.45, 7) is 4.44. The van der Waals surface area contributed by atoms with Crippen LogP contribution in [0.5, 0.6) is 0 Å². The van der Waals surface area contributed by atoms with Crippen LogP contribution in [0, 0.1) is 0 Å². The van der Waals surface area contributed by atoms with Gasteiger partial charge in [-0.3, -0.25) is 4.79 Å². The van der Waals surface area contributed by atoms with E-state index < -0.39 is 5.97 Å². The van der Waals surface area contributed by atoms with Crippen LogP contribution < -0.4 is 0 Å². The standard InChI is InChI=1S/C8H13N3O2/c1-6(2)8-10-9-5-11(8)4-3-7(12)13/h5-6H,3-4H2,1-2H3,(H,12,13). The molecule has 0 amide bonds. The van der Waals surface area contributed by atoms with E-state index in [1.807, 2.05) is 13.8 Å². The van der Waals surface area contributed by atoms with Gasteiger partial charge in [-0.25, -0.2) is 0 Å². The van der Waals surface area contributed by atoms with Gasteiger partial charge in [-0.1, -0.05) is 13.8 Å². The highest BCUT2D eigenvalue weighted by Gasteiger charge is 2.08. The predicted octanol–water partition coefficient (Wildman–Crippen LogP) is 0.876. The third-order valence-electron chi connectivity index (χ3n) is 1.73. The lowest BCUT2D eigenvalue weighted by atomic mass is 10.2. The molecule has 0 spiro atoms. The molecule has 1 rings (SSSR count). The first kappa shape index (κ1) is 9.70. The Morgan fingerprint density at radius 2 is 2.38 bits per heavy atom. The van der Waals surface area contributed by atoms with Gasteiger partial charge in [0.2, 0.25) is 0 Å². The molecular weight excluding hydrogens is 170 g/mol. The topological polar surface area (TPSA) is 68.0 Å². The molecule has 0 aliphatic rings. The maximum Gasteiger partial charge on any atom is 0.305 e. The number of carboxylic acid groups (broad SMARTS) is 1. The molecule has 13 heavy (non-hydrogen) atoms. The van der Waals surface area contributed by atoms with Gasteiger partial charge in [-0.2, -0.15) is 0 Å². The fourth-order valence-corrected chi connectivity index (χ4v) is 1.10. The zero-order valence-corrected chi connectivity index (χ0v) is 7.77. The van der Waals surface area contributed by atoms with Crippen molar-refractivity contribution in [2.45, 2.75) is 32.7 Å². The van der Waals surface area contributed by atoms with Gasteiger partial charge in [0, 0.05) is 12.5 Å². The normalized spacial score (nSPS) is 10.7. The van der Waals surface area contributed by atoms with Gasteiger partial charge >= 0.3 is 5.97 Å². The summed E-state index contributed by atoms with van der Waals surface area (Å²) in [5.74, 6) is 0.306. The smallest absolute Gasteiger partial charge is 0.305 e. The number of aliphatic carboxylic acids is 1. The molecule has 5 nitrogen and oxygen atoms in total. The van der Waals surface area contributed by atoms with E-state index in [0.717, 1.165) is 5.82 Å². The highest BCUT2D eigenvalue weighted by Crippen LogP contribution is 2.10. The van der Waals surface area contributed by atoms with E-state index in [4.69, 9.17) is 5.11 Å². The summed E-state index contributed by atoms with van der Waals surface area (Å²) >= 11 is 0. The Morgan fingerprint density at radius 1 is 1.69 bits per heavy atom. The monoisotopic (exact) mass is 183 g/mol. The quantitative estimate of drug-likeness (QED) is 0.752. The average Bonchev–Trinajstić information content (AvgIpc) is 2.47. The Bertz CT molecular complexity index is 293. The highest BCUT2D eigenvalue weighted by atomic mass is 16.4. The summed E-state index contributed by atoms with van der Waals surface area (Å²) in [6, 6.07) is 0. The van der Waals surface area contributed by atoms with Crippen molar-refractivity contribution < 1.29 is 9.90 Å². The Morgan fingerprint density at radius 3 is 2.92 bits per heavy atom. The summed E-state index contributed by atoms with van der Waals surface area (Å²) in [5.41, 5.74) is 0. The second kappa shape index (κ2) is 4.02. The van der Waals surface area contributed by atoms with Crippen LogP contribution in [0.2, 0.25) is 0 Å². The van der Waals surface area contributed by atoms with Crippen LogP contribution in [-0.4, -0.2) is 25.8 Å². The molecule has 1 N–H and O–H groups in total. The lowest BCUT2D eigenvalue weighted by Crippen LogP contribution is -2.08. The van der Waals surface area contributed by atoms with E-state index in [2.05, 4.69) is 10.2 Å². The fourth-order valence-electron chi connectivity index (χ4n) is 1.10. The van der Waals surface area contributed by atoms with Crippen molar-refractivity contribution >= 4 is 5.97 Å². The van der Waals surface area contributed by atoms with Crippen LogP contribution in [0.4, 0.5) is 0 Å². The first-order chi connectivity index (χ1) is 6.11.